The Morgan fingerprint density at radius 1 is 1.40 bits per heavy atom. The van der Waals surface area contributed by atoms with E-state index in [0.29, 0.717) is 6.04 Å². The minimum absolute atomic E-state index is 0.145. The standard InChI is InChI=1S/C12H24N2O/c1-9(2)5-4-6-10(3)14-8-7-11(13)12(14)15/h9-11H,4-8,13H2,1-3H3. The van der Waals surface area contributed by atoms with Gasteiger partial charge in [-0.1, -0.05) is 26.7 Å². The predicted molar refractivity (Wildman–Crippen MR) is 62.5 cm³/mol. The molecule has 0 aromatic carbocycles. The smallest absolute Gasteiger partial charge is 0.239 e. The van der Waals surface area contributed by atoms with Crippen molar-refractivity contribution in [3.63, 3.8) is 0 Å². The average molecular weight is 212 g/mol. The van der Waals surface area contributed by atoms with Crippen molar-refractivity contribution in [1.82, 2.24) is 4.90 Å². The Labute approximate surface area is 93.0 Å². The van der Waals surface area contributed by atoms with E-state index >= 15 is 0 Å². The summed E-state index contributed by atoms with van der Waals surface area (Å²) in [6.07, 6.45) is 4.39. The molecule has 0 aromatic rings. The van der Waals surface area contributed by atoms with Gasteiger partial charge >= 0.3 is 0 Å². The fourth-order valence-corrected chi connectivity index (χ4v) is 2.14. The van der Waals surface area contributed by atoms with Crippen molar-refractivity contribution in [2.45, 2.75) is 58.5 Å². The number of rotatable bonds is 5. The summed E-state index contributed by atoms with van der Waals surface area (Å²) < 4.78 is 0. The number of nitrogens with zero attached hydrogens (tertiary/aromatic N) is 1. The average Bonchev–Trinajstić information content (AvgIpc) is 2.47. The quantitative estimate of drug-likeness (QED) is 0.755. The molecule has 0 radical (unpaired) electrons. The molecule has 0 aliphatic carbocycles. The van der Waals surface area contributed by atoms with Gasteiger partial charge in [0.25, 0.3) is 0 Å². The van der Waals surface area contributed by atoms with Gasteiger partial charge in [-0.05, 0) is 25.7 Å². The van der Waals surface area contributed by atoms with Gasteiger partial charge in [-0.2, -0.15) is 0 Å². The highest BCUT2D eigenvalue weighted by Crippen LogP contribution is 2.17. The Hall–Kier alpha value is -0.570. The van der Waals surface area contributed by atoms with Crippen LogP contribution in [0.4, 0.5) is 0 Å². The third kappa shape index (κ3) is 3.49. The van der Waals surface area contributed by atoms with Crippen LogP contribution in [-0.2, 0) is 4.79 Å². The van der Waals surface area contributed by atoms with E-state index in [1.165, 1.54) is 12.8 Å². The molecular weight excluding hydrogens is 188 g/mol. The van der Waals surface area contributed by atoms with Crippen LogP contribution in [-0.4, -0.2) is 29.4 Å². The van der Waals surface area contributed by atoms with Gasteiger partial charge in [-0.25, -0.2) is 0 Å². The number of carbonyl (C=O) groups is 1. The number of hydrogen-bond acceptors (Lipinski definition) is 2. The minimum atomic E-state index is -0.238. The lowest BCUT2D eigenvalue weighted by Gasteiger charge is -2.24. The van der Waals surface area contributed by atoms with Gasteiger partial charge in [0, 0.05) is 12.6 Å². The summed E-state index contributed by atoms with van der Waals surface area (Å²) in [6, 6.07) is 0.127. The molecule has 88 valence electrons. The van der Waals surface area contributed by atoms with Crippen molar-refractivity contribution in [2.24, 2.45) is 11.7 Å². The molecule has 1 saturated heterocycles. The lowest BCUT2D eigenvalue weighted by Crippen LogP contribution is -2.39. The maximum absolute atomic E-state index is 11.6. The number of hydrogen-bond donors (Lipinski definition) is 1. The Balaban J connectivity index is 2.28. The number of likely N-dealkylation sites (tertiary alicyclic amines) is 1. The predicted octanol–water partition coefficient (Wildman–Crippen LogP) is 1.76. The summed E-state index contributed by atoms with van der Waals surface area (Å²) >= 11 is 0. The second-order valence-electron chi connectivity index (χ2n) is 5.10. The highest BCUT2D eigenvalue weighted by Gasteiger charge is 2.31. The molecular formula is C12H24N2O. The van der Waals surface area contributed by atoms with Crippen LogP contribution >= 0.6 is 0 Å². The van der Waals surface area contributed by atoms with Crippen LogP contribution in [0, 0.1) is 5.92 Å². The fraction of sp³-hybridized carbons (Fsp3) is 0.917. The summed E-state index contributed by atoms with van der Waals surface area (Å²) in [7, 11) is 0. The van der Waals surface area contributed by atoms with Gasteiger partial charge < -0.3 is 10.6 Å². The van der Waals surface area contributed by atoms with Crippen LogP contribution in [0.15, 0.2) is 0 Å². The molecule has 15 heavy (non-hydrogen) atoms. The van der Waals surface area contributed by atoms with Crippen molar-refractivity contribution >= 4 is 5.91 Å². The van der Waals surface area contributed by atoms with Gasteiger partial charge in [-0.15, -0.1) is 0 Å². The van der Waals surface area contributed by atoms with E-state index in [2.05, 4.69) is 20.8 Å². The van der Waals surface area contributed by atoms with Crippen LogP contribution in [0.3, 0.4) is 0 Å². The van der Waals surface area contributed by atoms with E-state index < -0.39 is 0 Å². The first-order chi connectivity index (χ1) is 7.02. The maximum atomic E-state index is 11.6. The molecule has 1 amide bonds. The SMILES string of the molecule is CC(C)CCCC(C)N1CCC(N)C1=O. The summed E-state index contributed by atoms with van der Waals surface area (Å²) in [5, 5.41) is 0. The lowest BCUT2D eigenvalue weighted by atomic mass is 10.0. The lowest BCUT2D eigenvalue weighted by molar-refractivity contribution is -0.130. The van der Waals surface area contributed by atoms with E-state index in [4.69, 9.17) is 5.73 Å². The monoisotopic (exact) mass is 212 g/mol. The third-order valence-corrected chi connectivity index (χ3v) is 3.22. The summed E-state index contributed by atoms with van der Waals surface area (Å²) in [5.74, 6) is 0.904. The highest BCUT2D eigenvalue weighted by atomic mass is 16.2. The van der Waals surface area contributed by atoms with Crippen molar-refractivity contribution in [2.75, 3.05) is 6.54 Å². The Kier molecular flexibility index (Phi) is 4.58. The van der Waals surface area contributed by atoms with E-state index in [0.717, 1.165) is 25.3 Å². The normalized spacial score (nSPS) is 23.9. The second-order valence-corrected chi connectivity index (χ2v) is 5.10. The van der Waals surface area contributed by atoms with Crippen LogP contribution in [0.25, 0.3) is 0 Å². The van der Waals surface area contributed by atoms with Crippen LogP contribution in [0.2, 0.25) is 0 Å². The Morgan fingerprint density at radius 3 is 2.53 bits per heavy atom. The zero-order chi connectivity index (χ0) is 11.4. The number of carbonyl (C=O) groups excluding carboxylic acids is 1. The molecule has 2 atom stereocenters. The van der Waals surface area contributed by atoms with Gasteiger partial charge in [0.15, 0.2) is 0 Å². The topological polar surface area (TPSA) is 46.3 Å². The number of amides is 1. The van der Waals surface area contributed by atoms with Crippen molar-refractivity contribution in [1.29, 1.82) is 0 Å². The number of nitrogens with two attached hydrogens (primary N) is 1. The summed E-state index contributed by atoms with van der Waals surface area (Å²) in [5.41, 5.74) is 5.69. The van der Waals surface area contributed by atoms with Gasteiger partial charge in [0.1, 0.15) is 0 Å². The summed E-state index contributed by atoms with van der Waals surface area (Å²) in [6.45, 7) is 7.46. The largest absolute Gasteiger partial charge is 0.339 e. The van der Waals surface area contributed by atoms with Crippen LogP contribution in [0.1, 0.15) is 46.5 Å². The fourth-order valence-electron chi connectivity index (χ4n) is 2.14. The van der Waals surface area contributed by atoms with Crippen LogP contribution in [0.5, 0.6) is 0 Å². The molecule has 0 bridgehead atoms. The molecule has 1 heterocycles. The zero-order valence-corrected chi connectivity index (χ0v) is 10.2. The van der Waals surface area contributed by atoms with Crippen molar-refractivity contribution in [3.8, 4) is 0 Å². The van der Waals surface area contributed by atoms with Gasteiger partial charge in [-0.3, -0.25) is 4.79 Å². The van der Waals surface area contributed by atoms with Crippen LogP contribution < -0.4 is 5.73 Å². The van der Waals surface area contributed by atoms with Gasteiger partial charge in [0.05, 0.1) is 6.04 Å². The molecule has 0 aromatic heterocycles. The molecule has 0 saturated carbocycles. The highest BCUT2D eigenvalue weighted by molar-refractivity contribution is 5.83. The van der Waals surface area contributed by atoms with E-state index in [1.54, 1.807) is 0 Å². The molecule has 2 N–H and O–H groups in total. The molecule has 1 aliphatic rings. The van der Waals surface area contributed by atoms with E-state index in [1.807, 2.05) is 4.90 Å². The second kappa shape index (κ2) is 5.50. The first-order valence-electron chi connectivity index (χ1n) is 6.08. The molecule has 2 unspecified atom stereocenters. The van der Waals surface area contributed by atoms with Gasteiger partial charge in [0.2, 0.25) is 5.91 Å². The molecule has 3 heteroatoms. The third-order valence-electron chi connectivity index (χ3n) is 3.22. The van der Waals surface area contributed by atoms with E-state index in [9.17, 15) is 4.79 Å². The Bertz CT molecular complexity index is 216. The molecule has 1 aliphatic heterocycles. The van der Waals surface area contributed by atoms with Crippen molar-refractivity contribution in [3.05, 3.63) is 0 Å². The maximum Gasteiger partial charge on any atom is 0.239 e. The summed E-state index contributed by atoms with van der Waals surface area (Å²) in [4.78, 5) is 13.6. The molecule has 0 spiro atoms. The zero-order valence-electron chi connectivity index (χ0n) is 10.2. The Morgan fingerprint density at radius 2 is 2.07 bits per heavy atom. The first-order valence-corrected chi connectivity index (χ1v) is 6.08. The minimum Gasteiger partial charge on any atom is -0.339 e. The van der Waals surface area contributed by atoms with E-state index in [-0.39, 0.29) is 11.9 Å². The molecule has 1 fully saturated rings. The molecule has 3 nitrogen and oxygen atoms in total. The molecule has 1 rings (SSSR count). The first kappa shape index (κ1) is 12.5. The van der Waals surface area contributed by atoms with Crippen molar-refractivity contribution < 1.29 is 4.79 Å².